The van der Waals surface area contributed by atoms with Crippen LogP contribution in [0.1, 0.15) is 11.1 Å². The number of hydrogen-bond acceptors (Lipinski definition) is 6. The van der Waals surface area contributed by atoms with Crippen molar-refractivity contribution in [3.05, 3.63) is 88.2 Å². The first-order chi connectivity index (χ1) is 16.8. The molecule has 0 saturated carbocycles. The van der Waals surface area contributed by atoms with Gasteiger partial charge in [0.25, 0.3) is 11.8 Å². The number of amides is 4. The molecule has 0 atom stereocenters. The highest BCUT2D eigenvalue weighted by atomic mass is 35.5. The fourth-order valence-corrected chi connectivity index (χ4v) is 3.68. The first-order valence-corrected chi connectivity index (χ1v) is 10.6. The second kappa shape index (κ2) is 9.86. The van der Waals surface area contributed by atoms with E-state index >= 15 is 0 Å². The molecule has 10 heteroatoms. The average molecular weight is 497 g/mol. The Morgan fingerprint density at radius 2 is 1.83 bits per heavy atom. The SMILES string of the molecule is COc1cc(C=C2C(=O)NC(=O)N(c3ccc(O)cc3)C2=O)cc(Cl)c1OCc1cccc(F)c1. The van der Waals surface area contributed by atoms with Crippen LogP contribution in [0.3, 0.4) is 0 Å². The van der Waals surface area contributed by atoms with Crippen molar-refractivity contribution in [3.63, 3.8) is 0 Å². The molecule has 2 N–H and O–H groups in total. The highest BCUT2D eigenvalue weighted by molar-refractivity contribution is 6.39. The number of imide groups is 2. The quantitative estimate of drug-likeness (QED) is 0.386. The molecule has 1 saturated heterocycles. The minimum Gasteiger partial charge on any atom is -0.508 e. The van der Waals surface area contributed by atoms with Gasteiger partial charge in [-0.25, -0.2) is 14.1 Å². The van der Waals surface area contributed by atoms with Crippen LogP contribution in [-0.4, -0.2) is 30.1 Å². The Balaban J connectivity index is 1.64. The molecule has 4 amide bonds. The van der Waals surface area contributed by atoms with Crippen molar-refractivity contribution in [2.45, 2.75) is 6.61 Å². The summed E-state index contributed by atoms with van der Waals surface area (Å²) in [5.74, 6) is -1.77. The van der Waals surface area contributed by atoms with E-state index in [9.17, 15) is 23.9 Å². The topological polar surface area (TPSA) is 105 Å². The van der Waals surface area contributed by atoms with E-state index < -0.39 is 23.7 Å². The number of carbonyl (C=O) groups excluding carboxylic acids is 3. The minimum atomic E-state index is -0.917. The Morgan fingerprint density at radius 1 is 1.09 bits per heavy atom. The number of nitrogens with one attached hydrogen (secondary N) is 1. The lowest BCUT2D eigenvalue weighted by Gasteiger charge is -2.26. The first-order valence-electron chi connectivity index (χ1n) is 10.2. The van der Waals surface area contributed by atoms with E-state index in [0.29, 0.717) is 11.1 Å². The summed E-state index contributed by atoms with van der Waals surface area (Å²) in [4.78, 5) is 38.5. The Bertz CT molecular complexity index is 1360. The number of benzene rings is 3. The highest BCUT2D eigenvalue weighted by Gasteiger charge is 2.36. The van der Waals surface area contributed by atoms with Gasteiger partial charge in [-0.1, -0.05) is 23.7 Å². The molecule has 1 heterocycles. The van der Waals surface area contributed by atoms with Crippen molar-refractivity contribution in [1.82, 2.24) is 5.32 Å². The maximum Gasteiger partial charge on any atom is 0.335 e. The number of nitrogens with zero attached hydrogens (tertiary/aromatic N) is 1. The Morgan fingerprint density at radius 3 is 2.51 bits per heavy atom. The summed E-state index contributed by atoms with van der Waals surface area (Å²) in [5.41, 5.74) is 0.769. The van der Waals surface area contributed by atoms with Gasteiger partial charge in [0.1, 0.15) is 23.7 Å². The number of urea groups is 1. The van der Waals surface area contributed by atoms with E-state index in [4.69, 9.17) is 21.1 Å². The highest BCUT2D eigenvalue weighted by Crippen LogP contribution is 2.38. The monoisotopic (exact) mass is 496 g/mol. The van der Waals surface area contributed by atoms with Gasteiger partial charge in [0, 0.05) is 0 Å². The van der Waals surface area contributed by atoms with Crippen molar-refractivity contribution < 1.29 is 33.4 Å². The Labute approximate surface area is 204 Å². The van der Waals surface area contributed by atoms with Gasteiger partial charge in [-0.15, -0.1) is 0 Å². The van der Waals surface area contributed by atoms with Crippen LogP contribution in [0.4, 0.5) is 14.9 Å². The zero-order chi connectivity index (χ0) is 25.1. The smallest absolute Gasteiger partial charge is 0.335 e. The zero-order valence-corrected chi connectivity index (χ0v) is 19.0. The molecule has 1 fully saturated rings. The van der Waals surface area contributed by atoms with Gasteiger partial charge >= 0.3 is 6.03 Å². The number of halogens is 2. The van der Waals surface area contributed by atoms with Crippen molar-refractivity contribution in [1.29, 1.82) is 0 Å². The van der Waals surface area contributed by atoms with E-state index in [2.05, 4.69) is 5.32 Å². The van der Waals surface area contributed by atoms with Crippen molar-refractivity contribution in [2.24, 2.45) is 0 Å². The number of phenols is 1. The molecule has 3 aromatic rings. The second-order valence-electron chi connectivity index (χ2n) is 7.43. The van der Waals surface area contributed by atoms with Crippen LogP contribution < -0.4 is 19.7 Å². The van der Waals surface area contributed by atoms with Crippen molar-refractivity contribution in [3.8, 4) is 17.2 Å². The Hall–Kier alpha value is -4.37. The van der Waals surface area contributed by atoms with Crippen LogP contribution in [0.25, 0.3) is 6.08 Å². The molecular weight excluding hydrogens is 479 g/mol. The minimum absolute atomic E-state index is 0.0267. The summed E-state index contributed by atoms with van der Waals surface area (Å²) in [6.45, 7) is 0.0267. The van der Waals surface area contributed by atoms with E-state index in [1.54, 1.807) is 12.1 Å². The lowest BCUT2D eigenvalue weighted by atomic mass is 10.1. The summed E-state index contributed by atoms with van der Waals surface area (Å²) in [6.07, 6.45) is 1.27. The van der Waals surface area contributed by atoms with Gasteiger partial charge in [-0.3, -0.25) is 14.9 Å². The molecule has 3 aromatic carbocycles. The van der Waals surface area contributed by atoms with Gasteiger partial charge in [-0.2, -0.15) is 0 Å². The summed E-state index contributed by atoms with van der Waals surface area (Å²) in [6, 6.07) is 13.3. The molecule has 0 unspecified atom stereocenters. The van der Waals surface area contributed by atoms with Gasteiger partial charge in [0.2, 0.25) is 0 Å². The van der Waals surface area contributed by atoms with E-state index in [0.717, 1.165) is 4.90 Å². The molecule has 0 radical (unpaired) electrons. The van der Waals surface area contributed by atoms with Crippen molar-refractivity contribution >= 4 is 41.2 Å². The first kappa shape index (κ1) is 23.8. The number of barbiturate groups is 1. The van der Waals surface area contributed by atoms with Gasteiger partial charge < -0.3 is 14.6 Å². The van der Waals surface area contributed by atoms with Crippen LogP contribution in [0, 0.1) is 5.82 Å². The molecular formula is C25H18ClFN2O6. The standard InChI is InChI=1S/C25H18ClFN2O6/c1-34-21-12-15(11-20(26)22(21)35-13-14-3-2-4-16(27)9-14)10-19-23(31)28-25(33)29(24(19)32)17-5-7-18(30)8-6-17/h2-12,30H,13H2,1H3,(H,28,31,33). The largest absolute Gasteiger partial charge is 0.508 e. The lowest BCUT2D eigenvalue weighted by Crippen LogP contribution is -2.54. The lowest BCUT2D eigenvalue weighted by molar-refractivity contribution is -0.122. The van der Waals surface area contributed by atoms with Crippen LogP contribution >= 0.6 is 11.6 Å². The molecule has 178 valence electrons. The van der Waals surface area contributed by atoms with E-state index in [1.807, 2.05) is 0 Å². The van der Waals surface area contributed by atoms with Crippen LogP contribution in [0.15, 0.2) is 66.2 Å². The fraction of sp³-hybridized carbons (Fsp3) is 0.0800. The number of aromatic hydroxyl groups is 1. The van der Waals surface area contributed by atoms with Crippen LogP contribution in [0.2, 0.25) is 5.02 Å². The molecule has 0 aliphatic carbocycles. The summed E-state index contributed by atoms with van der Waals surface area (Å²) < 4.78 is 24.5. The number of hydrogen-bond donors (Lipinski definition) is 2. The summed E-state index contributed by atoms with van der Waals surface area (Å²) in [5, 5.41) is 11.7. The third-order valence-corrected chi connectivity index (χ3v) is 5.33. The maximum atomic E-state index is 13.4. The number of rotatable bonds is 6. The number of anilines is 1. The molecule has 0 bridgehead atoms. The van der Waals surface area contributed by atoms with Crippen molar-refractivity contribution in [2.75, 3.05) is 12.0 Å². The predicted molar refractivity (Wildman–Crippen MR) is 126 cm³/mol. The third kappa shape index (κ3) is 5.10. The number of carbonyl (C=O) groups is 3. The average Bonchev–Trinajstić information content (AvgIpc) is 2.82. The predicted octanol–water partition coefficient (Wildman–Crippen LogP) is 4.44. The number of ether oxygens (including phenoxy) is 2. The molecule has 4 rings (SSSR count). The fourth-order valence-electron chi connectivity index (χ4n) is 3.41. The molecule has 0 spiro atoms. The molecule has 0 aromatic heterocycles. The normalized spacial score (nSPS) is 14.8. The van der Waals surface area contributed by atoms with E-state index in [1.165, 1.54) is 61.7 Å². The number of methoxy groups -OCH3 is 1. The van der Waals surface area contributed by atoms with Gasteiger partial charge in [0.15, 0.2) is 11.5 Å². The van der Waals surface area contributed by atoms with Gasteiger partial charge in [0.05, 0.1) is 17.8 Å². The van der Waals surface area contributed by atoms with Crippen LogP contribution in [-0.2, 0) is 16.2 Å². The van der Waals surface area contributed by atoms with Crippen LogP contribution in [0.5, 0.6) is 17.2 Å². The Kier molecular flexibility index (Phi) is 6.70. The second-order valence-corrected chi connectivity index (χ2v) is 7.83. The molecule has 1 aliphatic rings. The third-order valence-electron chi connectivity index (χ3n) is 5.04. The summed E-state index contributed by atoms with van der Waals surface area (Å²) in [7, 11) is 1.39. The van der Waals surface area contributed by atoms with Gasteiger partial charge in [-0.05, 0) is 65.7 Å². The molecule has 8 nitrogen and oxygen atoms in total. The maximum absolute atomic E-state index is 13.4. The molecule has 35 heavy (non-hydrogen) atoms. The van der Waals surface area contributed by atoms with E-state index in [-0.39, 0.29) is 40.1 Å². The zero-order valence-electron chi connectivity index (χ0n) is 18.2. The molecule has 1 aliphatic heterocycles. The number of phenolic OH excluding ortho intramolecular Hbond substituents is 1. The summed E-state index contributed by atoms with van der Waals surface area (Å²) >= 11 is 6.38.